The summed E-state index contributed by atoms with van der Waals surface area (Å²) in [6.45, 7) is 0. The Labute approximate surface area is 120 Å². The number of aromatic nitrogens is 2. The molecular weight excluding hydrogens is 272 g/mol. The second-order valence-electron chi connectivity index (χ2n) is 4.02. The third-order valence-electron chi connectivity index (χ3n) is 2.64. The van der Waals surface area contributed by atoms with E-state index in [9.17, 15) is 0 Å². The minimum absolute atomic E-state index is 0.821. The van der Waals surface area contributed by atoms with Gasteiger partial charge in [0.2, 0.25) is 0 Å². The molecule has 0 saturated heterocycles. The van der Waals surface area contributed by atoms with E-state index in [0.717, 1.165) is 21.5 Å². The van der Waals surface area contributed by atoms with E-state index in [1.54, 1.807) is 11.8 Å². The highest BCUT2D eigenvalue weighted by Gasteiger charge is 2.06. The van der Waals surface area contributed by atoms with Crippen molar-refractivity contribution in [1.29, 1.82) is 0 Å². The monoisotopic (exact) mass is 284 g/mol. The minimum atomic E-state index is 0.821. The Bertz CT molecular complexity index is 636. The first kappa shape index (κ1) is 12.4. The first-order valence-electron chi connectivity index (χ1n) is 5.98. The van der Waals surface area contributed by atoms with Crippen LogP contribution in [0.3, 0.4) is 0 Å². The fraction of sp³-hybridized carbons (Fsp3) is 0.0667. The number of hydrogen-bond donors (Lipinski definition) is 0. The zero-order valence-corrected chi connectivity index (χ0v) is 11.8. The van der Waals surface area contributed by atoms with Gasteiger partial charge in [0.25, 0.3) is 0 Å². The van der Waals surface area contributed by atoms with Crippen molar-refractivity contribution in [2.75, 3.05) is 0 Å². The molecule has 0 bridgehead atoms. The number of benzene rings is 2. The topological polar surface area (TPSA) is 25.8 Å². The number of hydrogen-bond acceptors (Lipinski definition) is 4. The van der Waals surface area contributed by atoms with Crippen LogP contribution < -0.4 is 0 Å². The molecule has 3 aromatic rings. The van der Waals surface area contributed by atoms with Crippen molar-refractivity contribution in [3.63, 3.8) is 0 Å². The van der Waals surface area contributed by atoms with Gasteiger partial charge >= 0.3 is 0 Å². The van der Waals surface area contributed by atoms with Crippen LogP contribution in [0.4, 0.5) is 0 Å². The van der Waals surface area contributed by atoms with Crippen molar-refractivity contribution < 1.29 is 0 Å². The molecule has 94 valence electrons. The second kappa shape index (κ2) is 5.99. The molecule has 0 amide bonds. The lowest BCUT2D eigenvalue weighted by molar-refractivity contribution is 1.21. The summed E-state index contributed by atoms with van der Waals surface area (Å²) in [5.74, 6) is 1.76. The Morgan fingerprint density at radius 3 is 2.32 bits per heavy atom. The third kappa shape index (κ3) is 3.22. The van der Waals surface area contributed by atoms with Crippen LogP contribution in [0.1, 0.15) is 5.56 Å². The highest BCUT2D eigenvalue weighted by atomic mass is 32.2. The van der Waals surface area contributed by atoms with Crippen LogP contribution in [0.25, 0.3) is 11.4 Å². The van der Waals surface area contributed by atoms with Gasteiger partial charge in [0.15, 0.2) is 10.2 Å². The summed E-state index contributed by atoms with van der Waals surface area (Å²) in [4.78, 5) is 4.57. The molecule has 0 fully saturated rings. The van der Waals surface area contributed by atoms with Gasteiger partial charge in [-0.15, -0.1) is 0 Å². The van der Waals surface area contributed by atoms with Gasteiger partial charge in [0.05, 0.1) is 0 Å². The van der Waals surface area contributed by atoms with Gasteiger partial charge in [-0.3, -0.25) is 0 Å². The molecule has 0 aliphatic carbocycles. The highest BCUT2D eigenvalue weighted by Crippen LogP contribution is 2.27. The molecule has 3 rings (SSSR count). The van der Waals surface area contributed by atoms with E-state index < -0.39 is 0 Å². The van der Waals surface area contributed by atoms with Crippen LogP contribution in [0.5, 0.6) is 0 Å². The summed E-state index contributed by atoms with van der Waals surface area (Å²) in [7, 11) is 0. The van der Waals surface area contributed by atoms with E-state index in [0.29, 0.717) is 0 Å². The molecule has 0 aliphatic rings. The van der Waals surface area contributed by atoms with Crippen LogP contribution in [0, 0.1) is 0 Å². The predicted molar refractivity (Wildman–Crippen MR) is 81.3 cm³/mol. The maximum Gasteiger partial charge on any atom is 0.174 e. The second-order valence-corrected chi connectivity index (χ2v) is 6.00. The molecule has 2 aromatic carbocycles. The molecule has 1 aromatic heterocycles. The quantitative estimate of drug-likeness (QED) is 0.660. The van der Waals surface area contributed by atoms with Gasteiger partial charge in [-0.2, -0.15) is 4.37 Å². The molecule has 0 unspecified atom stereocenters. The SMILES string of the molecule is c1ccc(CSc2nc(-c3ccccc3)ns2)cc1. The lowest BCUT2D eigenvalue weighted by atomic mass is 10.2. The molecule has 4 heteroatoms. The summed E-state index contributed by atoms with van der Waals surface area (Å²) in [5, 5.41) is 0. The molecule has 0 N–H and O–H groups in total. The molecule has 2 nitrogen and oxygen atoms in total. The Morgan fingerprint density at radius 1 is 0.895 bits per heavy atom. The Kier molecular flexibility index (Phi) is 3.91. The number of rotatable bonds is 4. The summed E-state index contributed by atoms with van der Waals surface area (Å²) in [5.41, 5.74) is 2.38. The molecule has 0 atom stereocenters. The molecular formula is C15H12N2S2. The largest absolute Gasteiger partial charge is 0.208 e. The summed E-state index contributed by atoms with van der Waals surface area (Å²) in [6, 6.07) is 20.5. The molecule has 19 heavy (non-hydrogen) atoms. The van der Waals surface area contributed by atoms with E-state index in [2.05, 4.69) is 33.6 Å². The van der Waals surface area contributed by atoms with Crippen molar-refractivity contribution in [2.45, 2.75) is 10.1 Å². The lowest BCUT2D eigenvalue weighted by Gasteiger charge is -1.97. The molecule has 0 spiro atoms. The molecule has 1 heterocycles. The van der Waals surface area contributed by atoms with Crippen LogP contribution in [0.15, 0.2) is 65.0 Å². The fourth-order valence-electron chi connectivity index (χ4n) is 1.69. The van der Waals surface area contributed by atoms with Gasteiger partial charge in [-0.1, -0.05) is 72.4 Å². The minimum Gasteiger partial charge on any atom is -0.208 e. The van der Waals surface area contributed by atoms with Gasteiger partial charge in [0.1, 0.15) is 0 Å². The van der Waals surface area contributed by atoms with Crippen molar-refractivity contribution in [1.82, 2.24) is 9.36 Å². The van der Waals surface area contributed by atoms with Gasteiger partial charge in [-0.25, -0.2) is 4.98 Å². The van der Waals surface area contributed by atoms with Gasteiger partial charge in [-0.05, 0) is 17.1 Å². The fourth-order valence-corrected chi connectivity index (χ4v) is 3.26. The van der Waals surface area contributed by atoms with Crippen molar-refractivity contribution >= 4 is 23.3 Å². The Morgan fingerprint density at radius 2 is 1.58 bits per heavy atom. The van der Waals surface area contributed by atoms with Crippen molar-refractivity contribution in [3.8, 4) is 11.4 Å². The van der Waals surface area contributed by atoms with Crippen molar-refractivity contribution in [2.24, 2.45) is 0 Å². The maximum absolute atomic E-state index is 4.57. The van der Waals surface area contributed by atoms with Crippen LogP contribution in [-0.4, -0.2) is 9.36 Å². The zero-order chi connectivity index (χ0) is 12.9. The highest BCUT2D eigenvalue weighted by molar-refractivity contribution is 8.00. The normalized spacial score (nSPS) is 10.5. The summed E-state index contributed by atoms with van der Waals surface area (Å²) in [6.07, 6.45) is 0. The first-order valence-corrected chi connectivity index (χ1v) is 7.73. The van der Waals surface area contributed by atoms with Crippen LogP contribution in [-0.2, 0) is 5.75 Å². The van der Waals surface area contributed by atoms with E-state index in [1.807, 2.05) is 36.4 Å². The van der Waals surface area contributed by atoms with Crippen molar-refractivity contribution in [3.05, 3.63) is 66.2 Å². The van der Waals surface area contributed by atoms with Gasteiger partial charge in [0, 0.05) is 11.3 Å². The number of nitrogens with zero attached hydrogens (tertiary/aromatic N) is 2. The predicted octanol–water partition coefficient (Wildman–Crippen LogP) is 4.50. The first-order chi connectivity index (χ1) is 9.42. The maximum atomic E-state index is 4.57. The van der Waals surface area contributed by atoms with Crippen LogP contribution >= 0.6 is 23.3 Å². The average molecular weight is 284 g/mol. The zero-order valence-electron chi connectivity index (χ0n) is 10.2. The van der Waals surface area contributed by atoms with E-state index in [-0.39, 0.29) is 0 Å². The molecule has 0 saturated carbocycles. The van der Waals surface area contributed by atoms with Crippen LogP contribution in [0.2, 0.25) is 0 Å². The smallest absolute Gasteiger partial charge is 0.174 e. The summed E-state index contributed by atoms with van der Waals surface area (Å²) < 4.78 is 5.42. The average Bonchev–Trinajstić information content (AvgIpc) is 2.96. The molecule has 0 aliphatic heterocycles. The van der Waals surface area contributed by atoms with E-state index in [4.69, 9.17) is 0 Å². The molecule has 0 radical (unpaired) electrons. The number of thioether (sulfide) groups is 1. The lowest BCUT2D eigenvalue weighted by Crippen LogP contribution is -1.80. The Balaban J connectivity index is 1.69. The standard InChI is InChI=1S/C15H12N2S2/c1-3-7-12(8-4-1)11-18-15-16-14(17-19-15)13-9-5-2-6-10-13/h1-10H,11H2. The third-order valence-corrected chi connectivity index (χ3v) is 4.55. The van der Waals surface area contributed by atoms with E-state index in [1.165, 1.54) is 17.1 Å². The summed E-state index contributed by atoms with van der Waals surface area (Å²) >= 11 is 3.20. The van der Waals surface area contributed by atoms with Gasteiger partial charge < -0.3 is 0 Å². The Hall–Kier alpha value is -1.65. The van der Waals surface area contributed by atoms with E-state index >= 15 is 0 Å².